The predicted molar refractivity (Wildman–Crippen MR) is 259 cm³/mol. The fraction of sp³-hybridized carbons (Fsp3) is 0.0169. The minimum atomic E-state index is -0.496. The second kappa shape index (κ2) is 14.8. The molecular weight excluding hydrogens is 769 g/mol. The first-order valence-corrected chi connectivity index (χ1v) is 22.0. The van der Waals surface area contributed by atoms with Crippen LogP contribution in [0.3, 0.4) is 0 Å². The van der Waals surface area contributed by atoms with E-state index in [4.69, 9.17) is 9.97 Å². The van der Waals surface area contributed by atoms with Gasteiger partial charge in [0, 0.05) is 36.9 Å². The summed E-state index contributed by atoms with van der Waals surface area (Å²) in [6.45, 7) is 0. The zero-order chi connectivity index (χ0) is 41.0. The lowest BCUT2D eigenvalue weighted by molar-refractivity contribution is 0.769. The third-order valence-corrected chi connectivity index (χ3v) is 13.8. The average molecular weight is 807 g/mol. The molecule has 2 nitrogen and oxygen atoms in total. The Bertz CT molecular complexity index is 3430. The highest BCUT2D eigenvalue weighted by Gasteiger charge is 2.45. The zero-order valence-electron chi connectivity index (χ0n) is 33.7. The Balaban J connectivity index is 1.04. The average Bonchev–Trinajstić information content (AvgIpc) is 3.88. The van der Waals surface area contributed by atoms with Gasteiger partial charge in [-0.25, -0.2) is 9.97 Å². The lowest BCUT2D eigenvalue weighted by Crippen LogP contribution is -2.28. The van der Waals surface area contributed by atoms with Gasteiger partial charge in [0.25, 0.3) is 0 Å². The number of nitrogens with zero attached hydrogens (tertiary/aromatic N) is 2. The molecule has 1 aliphatic rings. The molecule has 62 heavy (non-hydrogen) atoms. The molecule has 3 heteroatoms. The fourth-order valence-corrected chi connectivity index (χ4v) is 11.0. The summed E-state index contributed by atoms with van der Waals surface area (Å²) in [7, 11) is 0. The van der Waals surface area contributed by atoms with Gasteiger partial charge in [-0.1, -0.05) is 200 Å². The van der Waals surface area contributed by atoms with E-state index < -0.39 is 5.41 Å². The Hall–Kier alpha value is -7.72. The monoisotopic (exact) mass is 806 g/mol. The normalized spacial score (nSPS) is 12.6. The van der Waals surface area contributed by atoms with Gasteiger partial charge in [-0.15, -0.1) is 11.3 Å². The molecule has 1 aliphatic carbocycles. The Morgan fingerprint density at radius 3 is 1.45 bits per heavy atom. The van der Waals surface area contributed by atoms with Crippen LogP contribution in [-0.4, -0.2) is 9.97 Å². The van der Waals surface area contributed by atoms with Gasteiger partial charge in [0.1, 0.15) is 0 Å². The first-order valence-electron chi connectivity index (χ1n) is 21.1. The van der Waals surface area contributed by atoms with Gasteiger partial charge in [-0.3, -0.25) is 0 Å². The number of aromatic nitrogens is 2. The first kappa shape index (κ1) is 36.2. The molecule has 0 N–H and O–H groups in total. The summed E-state index contributed by atoms with van der Waals surface area (Å²) in [5.74, 6) is 0.693. The van der Waals surface area contributed by atoms with Crippen LogP contribution in [0.25, 0.3) is 87.5 Å². The van der Waals surface area contributed by atoms with Crippen LogP contribution in [0, 0.1) is 0 Å². The molecule has 2 aromatic heterocycles. The van der Waals surface area contributed by atoms with Crippen molar-refractivity contribution in [1.82, 2.24) is 9.97 Å². The minimum Gasteiger partial charge on any atom is -0.228 e. The number of thiophene rings is 1. The minimum absolute atomic E-state index is 0.496. The van der Waals surface area contributed by atoms with Crippen LogP contribution in [0.2, 0.25) is 0 Å². The molecule has 0 aliphatic heterocycles. The van der Waals surface area contributed by atoms with Crippen molar-refractivity contribution in [3.8, 4) is 67.3 Å². The zero-order valence-corrected chi connectivity index (χ0v) is 34.6. The molecule has 0 saturated carbocycles. The molecule has 0 amide bonds. The van der Waals surface area contributed by atoms with Crippen LogP contribution >= 0.6 is 11.3 Å². The Morgan fingerprint density at radius 1 is 0.306 bits per heavy atom. The smallest absolute Gasteiger partial charge is 0.160 e. The first-order chi connectivity index (χ1) is 30.7. The van der Waals surface area contributed by atoms with E-state index in [1.807, 2.05) is 17.4 Å². The van der Waals surface area contributed by atoms with Crippen LogP contribution in [0.5, 0.6) is 0 Å². The largest absolute Gasteiger partial charge is 0.228 e. The van der Waals surface area contributed by atoms with Crippen molar-refractivity contribution in [3.05, 3.63) is 253 Å². The summed E-state index contributed by atoms with van der Waals surface area (Å²) in [6, 6.07) is 83.5. The molecular formula is C59H38N2S. The van der Waals surface area contributed by atoms with Crippen LogP contribution in [-0.2, 0) is 5.41 Å². The number of benzene rings is 9. The van der Waals surface area contributed by atoms with Gasteiger partial charge in [0.05, 0.1) is 16.8 Å². The van der Waals surface area contributed by atoms with Crippen LogP contribution in [0.4, 0.5) is 0 Å². The topological polar surface area (TPSA) is 25.8 Å². The molecule has 0 saturated heterocycles. The molecule has 0 radical (unpaired) electrons. The lowest BCUT2D eigenvalue weighted by Gasteiger charge is -2.34. The number of hydrogen-bond acceptors (Lipinski definition) is 3. The third-order valence-electron chi connectivity index (χ3n) is 12.6. The maximum atomic E-state index is 5.37. The summed E-state index contributed by atoms with van der Waals surface area (Å²) in [6.07, 6.45) is 0. The summed E-state index contributed by atoms with van der Waals surface area (Å²) in [4.78, 5) is 10.7. The van der Waals surface area contributed by atoms with Gasteiger partial charge in [-0.05, 0) is 86.0 Å². The molecule has 0 unspecified atom stereocenters. The highest BCUT2D eigenvalue weighted by molar-refractivity contribution is 7.25. The van der Waals surface area contributed by atoms with Gasteiger partial charge >= 0.3 is 0 Å². The lowest BCUT2D eigenvalue weighted by atomic mass is 9.67. The van der Waals surface area contributed by atoms with Crippen LogP contribution < -0.4 is 0 Å². The SMILES string of the molecule is c1ccc(-c2nc(-c3ccccc3-c3cccc(C4(c5ccccc5)c5ccccc5-c5ccccc54)c3)cc(-c3ccccc3-c3ccc4sc5ccccc5c4c3)n2)cc1. The number of rotatable bonds is 7. The van der Waals surface area contributed by atoms with Crippen LogP contribution in [0.15, 0.2) is 231 Å². The Labute approximate surface area is 365 Å². The highest BCUT2D eigenvalue weighted by atomic mass is 32.1. The molecule has 0 spiro atoms. The number of fused-ring (bicyclic) bond motifs is 6. The second-order valence-electron chi connectivity index (χ2n) is 16.0. The summed E-state index contributed by atoms with van der Waals surface area (Å²) >= 11 is 1.84. The van der Waals surface area contributed by atoms with E-state index in [-0.39, 0.29) is 0 Å². The van der Waals surface area contributed by atoms with Crippen LogP contribution in [0.1, 0.15) is 22.3 Å². The standard InChI is InChI=1S/C59H38N2S/c1-3-18-39(19-4-1)58-60-54(38-55(61-58)49-29-10-8-25-45(49)41-34-35-57-51(37-41)50-30-13-16-33-56(50)62-57)48-28-9-7-24-44(48)40-20-17-23-43(36-40)59(42-21-5-2-6-22-42)52-31-14-11-26-46(52)47-27-12-15-32-53(47)59/h1-38H. The van der Waals surface area contributed by atoms with Gasteiger partial charge in [0.15, 0.2) is 5.82 Å². The quantitative estimate of drug-likeness (QED) is 0.160. The molecule has 0 fully saturated rings. The van der Waals surface area contributed by atoms with E-state index in [2.05, 4.69) is 224 Å². The Morgan fingerprint density at radius 2 is 0.790 bits per heavy atom. The van der Waals surface area contributed by atoms with E-state index in [0.29, 0.717) is 5.82 Å². The second-order valence-corrected chi connectivity index (χ2v) is 17.1. The molecule has 9 aromatic carbocycles. The molecule has 0 bridgehead atoms. The van der Waals surface area contributed by atoms with E-state index >= 15 is 0 Å². The summed E-state index contributed by atoms with van der Waals surface area (Å²) < 4.78 is 2.60. The predicted octanol–water partition coefficient (Wildman–Crippen LogP) is 15.5. The van der Waals surface area contributed by atoms with Crippen molar-refractivity contribution >= 4 is 31.5 Å². The highest BCUT2D eigenvalue weighted by Crippen LogP contribution is 2.56. The van der Waals surface area contributed by atoms with Gasteiger partial charge < -0.3 is 0 Å². The Kier molecular flexibility index (Phi) is 8.62. The number of hydrogen-bond donors (Lipinski definition) is 0. The maximum absolute atomic E-state index is 5.37. The molecule has 11 aromatic rings. The van der Waals surface area contributed by atoms with Gasteiger partial charge in [0.2, 0.25) is 0 Å². The van der Waals surface area contributed by atoms with E-state index in [1.165, 1.54) is 53.6 Å². The van der Waals surface area contributed by atoms with Crippen molar-refractivity contribution in [2.45, 2.75) is 5.41 Å². The van der Waals surface area contributed by atoms with E-state index in [9.17, 15) is 0 Å². The summed E-state index contributed by atoms with van der Waals surface area (Å²) in [5.41, 5.74) is 16.5. The molecule has 12 rings (SSSR count). The third kappa shape index (κ3) is 5.78. The summed E-state index contributed by atoms with van der Waals surface area (Å²) in [5, 5.41) is 2.57. The van der Waals surface area contributed by atoms with Crippen molar-refractivity contribution in [2.75, 3.05) is 0 Å². The van der Waals surface area contributed by atoms with E-state index in [1.54, 1.807) is 0 Å². The van der Waals surface area contributed by atoms with E-state index in [0.717, 1.165) is 50.3 Å². The molecule has 2 heterocycles. The fourth-order valence-electron chi connectivity index (χ4n) is 9.88. The van der Waals surface area contributed by atoms with Crippen molar-refractivity contribution in [1.29, 1.82) is 0 Å². The van der Waals surface area contributed by atoms with Crippen molar-refractivity contribution < 1.29 is 0 Å². The van der Waals surface area contributed by atoms with Gasteiger partial charge in [-0.2, -0.15) is 0 Å². The van der Waals surface area contributed by atoms with Crippen molar-refractivity contribution in [3.63, 3.8) is 0 Å². The van der Waals surface area contributed by atoms with Crippen molar-refractivity contribution in [2.24, 2.45) is 0 Å². The maximum Gasteiger partial charge on any atom is 0.160 e. The molecule has 290 valence electrons. The molecule has 0 atom stereocenters.